The molecule has 0 N–H and O–H groups in total. The van der Waals surface area contributed by atoms with E-state index >= 15 is 0 Å². The van der Waals surface area contributed by atoms with Crippen molar-refractivity contribution in [1.29, 1.82) is 0 Å². The van der Waals surface area contributed by atoms with Crippen LogP contribution in [0.5, 0.6) is 0 Å². The van der Waals surface area contributed by atoms with Gasteiger partial charge in [0.25, 0.3) is 5.91 Å². The number of hydrogen-bond acceptors (Lipinski definition) is 5. The lowest BCUT2D eigenvalue weighted by Gasteiger charge is -2.35. The molecule has 0 unspecified atom stereocenters. The number of anilines is 1. The highest BCUT2D eigenvalue weighted by Crippen LogP contribution is 2.27. The Labute approximate surface area is 161 Å². The molecule has 2 aromatic heterocycles. The van der Waals surface area contributed by atoms with Crippen molar-refractivity contribution in [2.75, 3.05) is 31.1 Å². The number of carbonyl (C=O) groups excluding carboxylic acids is 1. The number of rotatable bonds is 2. The van der Waals surface area contributed by atoms with Gasteiger partial charge in [0.05, 0.1) is 10.9 Å². The minimum atomic E-state index is -0.325. The van der Waals surface area contributed by atoms with E-state index in [0.717, 1.165) is 16.0 Å². The van der Waals surface area contributed by atoms with Gasteiger partial charge >= 0.3 is 0 Å². The standard InChI is InChI=1S/C17H14FIN4OS/c18-11-1-2-12(14(19)9-11)17(24)23-6-4-22(5-7-23)15-13-3-8-25-16(13)21-10-20-15/h1-3,8-10H,4-7H2. The minimum absolute atomic E-state index is 0.0487. The minimum Gasteiger partial charge on any atom is -0.352 e. The van der Waals surface area contributed by atoms with Gasteiger partial charge < -0.3 is 9.80 Å². The largest absolute Gasteiger partial charge is 0.352 e. The van der Waals surface area contributed by atoms with Gasteiger partial charge in [0, 0.05) is 29.7 Å². The van der Waals surface area contributed by atoms with E-state index in [1.165, 1.54) is 12.1 Å². The van der Waals surface area contributed by atoms with Crippen LogP contribution < -0.4 is 4.90 Å². The molecule has 3 aromatic rings. The molecule has 1 fully saturated rings. The molecule has 0 saturated carbocycles. The highest BCUT2D eigenvalue weighted by atomic mass is 127. The Balaban J connectivity index is 1.50. The van der Waals surface area contributed by atoms with Crippen LogP contribution in [0, 0.1) is 9.39 Å². The summed E-state index contributed by atoms with van der Waals surface area (Å²) in [6.45, 7) is 2.65. The number of thiophene rings is 1. The molecular weight excluding hydrogens is 454 g/mol. The quantitative estimate of drug-likeness (QED) is 0.542. The van der Waals surface area contributed by atoms with Gasteiger partial charge in [-0.25, -0.2) is 14.4 Å². The number of halogens is 2. The number of piperazine rings is 1. The molecule has 0 radical (unpaired) electrons. The summed E-state index contributed by atoms with van der Waals surface area (Å²) in [7, 11) is 0. The Morgan fingerprint density at radius 2 is 1.96 bits per heavy atom. The second-order valence-corrected chi connectivity index (χ2v) is 7.80. The molecule has 3 heterocycles. The van der Waals surface area contributed by atoms with E-state index in [1.807, 2.05) is 38.9 Å². The summed E-state index contributed by atoms with van der Waals surface area (Å²) in [5, 5.41) is 3.07. The number of amides is 1. The second-order valence-electron chi connectivity index (χ2n) is 5.74. The zero-order valence-corrected chi connectivity index (χ0v) is 16.1. The maximum Gasteiger partial charge on any atom is 0.255 e. The van der Waals surface area contributed by atoms with Gasteiger partial charge in [-0.1, -0.05) is 0 Å². The van der Waals surface area contributed by atoms with Crippen LogP contribution in [-0.2, 0) is 0 Å². The average molecular weight is 468 g/mol. The molecule has 1 aromatic carbocycles. The first-order valence-electron chi connectivity index (χ1n) is 7.81. The van der Waals surface area contributed by atoms with Crippen LogP contribution in [-0.4, -0.2) is 47.0 Å². The number of fused-ring (bicyclic) bond motifs is 1. The van der Waals surface area contributed by atoms with Gasteiger partial charge in [-0.2, -0.15) is 0 Å². The molecule has 0 bridgehead atoms. The Hall–Kier alpha value is -1.81. The lowest BCUT2D eigenvalue weighted by atomic mass is 10.1. The van der Waals surface area contributed by atoms with Gasteiger partial charge in [-0.15, -0.1) is 11.3 Å². The van der Waals surface area contributed by atoms with Crippen LogP contribution in [0.3, 0.4) is 0 Å². The van der Waals surface area contributed by atoms with Crippen molar-refractivity contribution < 1.29 is 9.18 Å². The molecule has 0 atom stereocenters. The molecule has 128 valence electrons. The SMILES string of the molecule is O=C(c1ccc(F)cc1I)N1CCN(c2ncnc3sccc23)CC1. The number of hydrogen-bond donors (Lipinski definition) is 0. The fourth-order valence-corrected chi connectivity index (χ4v) is 4.42. The van der Waals surface area contributed by atoms with Gasteiger partial charge in [0.1, 0.15) is 22.8 Å². The van der Waals surface area contributed by atoms with Crippen molar-refractivity contribution in [3.05, 3.63) is 50.9 Å². The topological polar surface area (TPSA) is 49.3 Å². The normalized spacial score (nSPS) is 15.0. The summed E-state index contributed by atoms with van der Waals surface area (Å²) in [4.78, 5) is 26.4. The van der Waals surface area contributed by atoms with Crippen molar-refractivity contribution in [1.82, 2.24) is 14.9 Å². The van der Waals surface area contributed by atoms with Gasteiger partial charge in [-0.3, -0.25) is 4.79 Å². The van der Waals surface area contributed by atoms with Crippen molar-refractivity contribution in [2.24, 2.45) is 0 Å². The van der Waals surface area contributed by atoms with Gasteiger partial charge in [0.2, 0.25) is 0 Å². The fraction of sp³-hybridized carbons (Fsp3) is 0.235. The number of benzene rings is 1. The molecule has 1 aliphatic heterocycles. The molecule has 1 aliphatic rings. The Kier molecular flexibility index (Phi) is 4.55. The molecule has 1 saturated heterocycles. The van der Waals surface area contributed by atoms with Crippen LogP contribution in [0.25, 0.3) is 10.2 Å². The van der Waals surface area contributed by atoms with Crippen LogP contribution in [0.15, 0.2) is 36.0 Å². The number of nitrogens with zero attached hydrogens (tertiary/aromatic N) is 4. The molecule has 5 nitrogen and oxygen atoms in total. The summed E-state index contributed by atoms with van der Waals surface area (Å²) in [6.07, 6.45) is 1.59. The summed E-state index contributed by atoms with van der Waals surface area (Å²) in [6, 6.07) is 6.32. The zero-order chi connectivity index (χ0) is 17.4. The Morgan fingerprint density at radius 1 is 1.16 bits per heavy atom. The van der Waals surface area contributed by atoms with E-state index in [1.54, 1.807) is 23.7 Å². The van der Waals surface area contributed by atoms with Crippen molar-refractivity contribution in [3.63, 3.8) is 0 Å². The first-order valence-corrected chi connectivity index (χ1v) is 9.77. The molecule has 1 amide bonds. The van der Waals surface area contributed by atoms with Crippen LogP contribution in [0.1, 0.15) is 10.4 Å². The summed E-state index contributed by atoms with van der Waals surface area (Å²) >= 11 is 3.60. The maximum atomic E-state index is 13.2. The average Bonchev–Trinajstić information content (AvgIpc) is 3.10. The number of aromatic nitrogens is 2. The van der Waals surface area contributed by atoms with Gasteiger partial charge in [-0.05, 0) is 52.2 Å². The van der Waals surface area contributed by atoms with E-state index in [0.29, 0.717) is 35.3 Å². The van der Waals surface area contributed by atoms with E-state index in [4.69, 9.17) is 0 Å². The fourth-order valence-electron chi connectivity index (χ4n) is 2.98. The molecule has 8 heteroatoms. The third kappa shape index (κ3) is 3.20. The van der Waals surface area contributed by atoms with Gasteiger partial charge in [0.15, 0.2) is 0 Å². The Bertz CT molecular complexity index is 939. The van der Waals surface area contributed by atoms with E-state index < -0.39 is 0 Å². The predicted octanol–water partition coefficient (Wildman–Crippen LogP) is 3.40. The van der Waals surface area contributed by atoms with Crippen LogP contribution in [0.2, 0.25) is 0 Å². The third-order valence-electron chi connectivity index (χ3n) is 4.27. The highest BCUT2D eigenvalue weighted by Gasteiger charge is 2.25. The molecule has 0 spiro atoms. The molecule has 4 rings (SSSR count). The summed E-state index contributed by atoms with van der Waals surface area (Å²) < 4.78 is 13.9. The number of carbonyl (C=O) groups is 1. The predicted molar refractivity (Wildman–Crippen MR) is 105 cm³/mol. The zero-order valence-electron chi connectivity index (χ0n) is 13.2. The van der Waals surface area contributed by atoms with E-state index in [9.17, 15) is 9.18 Å². The monoisotopic (exact) mass is 468 g/mol. The first-order chi connectivity index (χ1) is 12.1. The van der Waals surface area contributed by atoms with Crippen LogP contribution >= 0.6 is 33.9 Å². The second kappa shape index (κ2) is 6.83. The summed E-state index contributed by atoms with van der Waals surface area (Å²) in [5.74, 6) is 0.552. The van der Waals surface area contributed by atoms with E-state index in [-0.39, 0.29) is 11.7 Å². The van der Waals surface area contributed by atoms with Crippen molar-refractivity contribution in [3.8, 4) is 0 Å². The lowest BCUT2D eigenvalue weighted by Crippen LogP contribution is -2.49. The van der Waals surface area contributed by atoms with Crippen molar-refractivity contribution >= 4 is 55.9 Å². The molecule has 25 heavy (non-hydrogen) atoms. The Morgan fingerprint density at radius 3 is 2.72 bits per heavy atom. The third-order valence-corrected chi connectivity index (χ3v) is 5.98. The van der Waals surface area contributed by atoms with E-state index in [2.05, 4.69) is 14.9 Å². The molecule has 0 aliphatic carbocycles. The lowest BCUT2D eigenvalue weighted by molar-refractivity contribution is 0.0745. The molecular formula is C17H14FIN4OS. The van der Waals surface area contributed by atoms with Crippen molar-refractivity contribution in [2.45, 2.75) is 0 Å². The first kappa shape index (κ1) is 16.6. The summed E-state index contributed by atoms with van der Waals surface area (Å²) in [5.41, 5.74) is 0.553. The highest BCUT2D eigenvalue weighted by molar-refractivity contribution is 14.1. The smallest absolute Gasteiger partial charge is 0.255 e. The van der Waals surface area contributed by atoms with Crippen LogP contribution in [0.4, 0.5) is 10.2 Å². The maximum absolute atomic E-state index is 13.2.